The van der Waals surface area contributed by atoms with Crippen LogP contribution in [0.15, 0.2) is 35.4 Å². The number of hydrogen-bond donors (Lipinski definition) is 2. The minimum atomic E-state index is 0.196. The number of nitrogens with zero attached hydrogens (tertiary/aromatic N) is 2. The van der Waals surface area contributed by atoms with Gasteiger partial charge in [0, 0.05) is 22.6 Å². The van der Waals surface area contributed by atoms with E-state index < -0.39 is 0 Å². The molecule has 0 unspecified atom stereocenters. The van der Waals surface area contributed by atoms with Crippen molar-refractivity contribution in [3.8, 4) is 0 Å². The van der Waals surface area contributed by atoms with Crippen molar-refractivity contribution < 1.29 is 5.11 Å². The van der Waals surface area contributed by atoms with Gasteiger partial charge < -0.3 is 10.0 Å². The molecule has 2 aromatic rings. The fourth-order valence-electron chi connectivity index (χ4n) is 2.29. The van der Waals surface area contributed by atoms with E-state index in [4.69, 9.17) is 17.0 Å². The molecule has 0 fully saturated rings. The summed E-state index contributed by atoms with van der Waals surface area (Å²) in [5, 5.41) is 21.7. The van der Waals surface area contributed by atoms with Gasteiger partial charge in [0.2, 0.25) is 0 Å². The fraction of sp³-hybridized carbons (Fsp3) is 0.200. The molecule has 3 rings (SSSR count). The molecule has 0 radical (unpaired) electrons. The molecule has 0 amide bonds. The standard InChI is InChI=1S/C15H14ClN3OS/c1-9-8-21-15(18-9)13-12(20)7-19(14(13)17)6-10-4-2-3-5-11(10)16/h2-5,8,17,20H,6-7H2,1H3. The third-order valence-corrected chi connectivity index (χ3v) is 4.68. The topological polar surface area (TPSA) is 60.2 Å². The molecule has 108 valence electrons. The summed E-state index contributed by atoms with van der Waals surface area (Å²) in [4.78, 5) is 6.15. The molecule has 1 aliphatic rings. The van der Waals surface area contributed by atoms with Crippen LogP contribution in [0.4, 0.5) is 0 Å². The van der Waals surface area contributed by atoms with E-state index in [1.807, 2.05) is 36.6 Å². The van der Waals surface area contributed by atoms with E-state index >= 15 is 0 Å². The molecule has 21 heavy (non-hydrogen) atoms. The Labute approximate surface area is 131 Å². The highest BCUT2D eigenvalue weighted by molar-refractivity contribution is 7.11. The van der Waals surface area contributed by atoms with E-state index in [-0.39, 0.29) is 5.76 Å². The minimum Gasteiger partial charge on any atom is -0.510 e. The average Bonchev–Trinajstić information content (AvgIpc) is 2.97. The van der Waals surface area contributed by atoms with E-state index in [0.29, 0.717) is 34.5 Å². The van der Waals surface area contributed by atoms with Gasteiger partial charge in [-0.05, 0) is 18.6 Å². The summed E-state index contributed by atoms with van der Waals surface area (Å²) in [6, 6.07) is 7.55. The SMILES string of the molecule is Cc1csc(C2=C(O)CN(Cc3ccccc3Cl)C2=N)n1. The van der Waals surface area contributed by atoms with Crippen LogP contribution in [0.1, 0.15) is 16.3 Å². The Kier molecular flexibility index (Phi) is 3.69. The van der Waals surface area contributed by atoms with Crippen LogP contribution in [-0.4, -0.2) is 27.4 Å². The van der Waals surface area contributed by atoms with Gasteiger partial charge in [0.1, 0.15) is 16.6 Å². The largest absolute Gasteiger partial charge is 0.510 e. The number of hydrogen-bond acceptors (Lipinski definition) is 4. The lowest BCUT2D eigenvalue weighted by Gasteiger charge is -2.19. The predicted octanol–water partition coefficient (Wildman–Crippen LogP) is 3.87. The molecule has 1 aromatic heterocycles. The van der Waals surface area contributed by atoms with E-state index in [1.165, 1.54) is 11.3 Å². The Bertz CT molecular complexity index is 738. The lowest BCUT2D eigenvalue weighted by atomic mass is 10.2. The molecule has 6 heteroatoms. The molecule has 0 atom stereocenters. The molecule has 0 saturated heterocycles. The summed E-state index contributed by atoms with van der Waals surface area (Å²) in [5.41, 5.74) is 2.36. The number of amidine groups is 1. The van der Waals surface area contributed by atoms with Crippen molar-refractivity contribution in [2.24, 2.45) is 0 Å². The van der Waals surface area contributed by atoms with Gasteiger partial charge in [-0.15, -0.1) is 11.3 Å². The number of aryl methyl sites for hydroxylation is 1. The van der Waals surface area contributed by atoms with Gasteiger partial charge in [0.05, 0.1) is 12.1 Å². The number of aliphatic hydroxyl groups excluding tert-OH is 1. The number of halogens is 1. The molecular formula is C15H14ClN3OS. The third-order valence-electron chi connectivity index (χ3n) is 3.33. The van der Waals surface area contributed by atoms with Gasteiger partial charge in [0.15, 0.2) is 0 Å². The number of rotatable bonds is 3. The molecular weight excluding hydrogens is 306 g/mol. The van der Waals surface area contributed by atoms with Gasteiger partial charge >= 0.3 is 0 Å². The summed E-state index contributed by atoms with van der Waals surface area (Å²) in [7, 11) is 0. The Morgan fingerprint density at radius 2 is 2.19 bits per heavy atom. The average molecular weight is 320 g/mol. The highest BCUT2D eigenvalue weighted by Gasteiger charge is 2.30. The first kappa shape index (κ1) is 14.1. The third kappa shape index (κ3) is 2.66. The molecule has 0 aliphatic carbocycles. The summed E-state index contributed by atoms with van der Waals surface area (Å²) < 4.78 is 0. The van der Waals surface area contributed by atoms with Gasteiger partial charge in [-0.25, -0.2) is 4.98 Å². The minimum absolute atomic E-state index is 0.196. The number of benzene rings is 1. The number of aliphatic hydroxyl groups is 1. The Balaban J connectivity index is 1.84. The monoisotopic (exact) mass is 319 g/mol. The number of aromatic nitrogens is 1. The smallest absolute Gasteiger partial charge is 0.135 e. The lowest BCUT2D eigenvalue weighted by molar-refractivity contribution is 0.347. The first-order valence-corrected chi connectivity index (χ1v) is 7.74. The van der Waals surface area contributed by atoms with Crippen molar-refractivity contribution in [3.05, 3.63) is 56.7 Å². The molecule has 4 nitrogen and oxygen atoms in total. The summed E-state index contributed by atoms with van der Waals surface area (Å²) in [6.45, 7) is 2.71. The molecule has 1 aliphatic heterocycles. The summed E-state index contributed by atoms with van der Waals surface area (Å²) in [5.74, 6) is 0.489. The van der Waals surface area contributed by atoms with Crippen molar-refractivity contribution in [2.75, 3.05) is 6.54 Å². The first-order chi connectivity index (χ1) is 10.1. The van der Waals surface area contributed by atoms with E-state index in [0.717, 1.165) is 11.3 Å². The predicted molar refractivity (Wildman–Crippen MR) is 86.0 cm³/mol. The molecule has 2 heterocycles. The quantitative estimate of drug-likeness (QED) is 0.903. The number of thiazole rings is 1. The van der Waals surface area contributed by atoms with E-state index in [2.05, 4.69) is 4.98 Å². The van der Waals surface area contributed by atoms with Crippen LogP contribution in [0.25, 0.3) is 5.57 Å². The van der Waals surface area contributed by atoms with Gasteiger partial charge in [0.25, 0.3) is 0 Å². The molecule has 0 spiro atoms. The van der Waals surface area contributed by atoms with Crippen molar-refractivity contribution in [2.45, 2.75) is 13.5 Å². The van der Waals surface area contributed by atoms with Crippen LogP contribution in [0, 0.1) is 12.3 Å². The molecule has 2 N–H and O–H groups in total. The zero-order valence-corrected chi connectivity index (χ0v) is 13.0. The number of nitrogens with one attached hydrogen (secondary N) is 1. The van der Waals surface area contributed by atoms with Crippen molar-refractivity contribution in [3.63, 3.8) is 0 Å². The lowest BCUT2D eigenvalue weighted by Crippen LogP contribution is -2.26. The molecule has 0 bridgehead atoms. The summed E-state index contributed by atoms with van der Waals surface area (Å²) >= 11 is 7.60. The highest BCUT2D eigenvalue weighted by atomic mass is 35.5. The second kappa shape index (κ2) is 5.50. The fourth-order valence-corrected chi connectivity index (χ4v) is 3.35. The Morgan fingerprint density at radius 3 is 2.86 bits per heavy atom. The molecule has 1 aromatic carbocycles. The van der Waals surface area contributed by atoms with Crippen molar-refractivity contribution in [1.82, 2.24) is 9.88 Å². The van der Waals surface area contributed by atoms with Gasteiger partial charge in [-0.2, -0.15) is 0 Å². The first-order valence-electron chi connectivity index (χ1n) is 6.48. The maximum Gasteiger partial charge on any atom is 0.135 e. The normalized spacial score (nSPS) is 15.1. The Hall–Kier alpha value is -1.85. The van der Waals surface area contributed by atoms with E-state index in [9.17, 15) is 5.11 Å². The van der Waals surface area contributed by atoms with Crippen LogP contribution in [0.3, 0.4) is 0 Å². The maximum absolute atomic E-state index is 10.2. The van der Waals surface area contributed by atoms with Crippen LogP contribution in [0.2, 0.25) is 5.02 Å². The molecule has 0 saturated carbocycles. The van der Waals surface area contributed by atoms with Crippen molar-refractivity contribution >= 4 is 34.3 Å². The van der Waals surface area contributed by atoms with Crippen LogP contribution < -0.4 is 0 Å². The highest BCUT2D eigenvalue weighted by Crippen LogP contribution is 2.31. The van der Waals surface area contributed by atoms with Gasteiger partial charge in [-0.3, -0.25) is 5.41 Å². The van der Waals surface area contributed by atoms with Crippen LogP contribution in [-0.2, 0) is 6.54 Å². The zero-order valence-electron chi connectivity index (χ0n) is 11.4. The van der Waals surface area contributed by atoms with Crippen molar-refractivity contribution in [1.29, 1.82) is 5.41 Å². The van der Waals surface area contributed by atoms with Crippen LogP contribution in [0.5, 0.6) is 0 Å². The Morgan fingerprint density at radius 1 is 1.43 bits per heavy atom. The van der Waals surface area contributed by atoms with Gasteiger partial charge in [-0.1, -0.05) is 29.8 Å². The maximum atomic E-state index is 10.2. The van der Waals surface area contributed by atoms with Crippen LogP contribution >= 0.6 is 22.9 Å². The second-order valence-electron chi connectivity index (χ2n) is 4.91. The van der Waals surface area contributed by atoms with E-state index in [1.54, 1.807) is 4.90 Å². The summed E-state index contributed by atoms with van der Waals surface area (Å²) in [6.07, 6.45) is 0. The second-order valence-corrected chi connectivity index (χ2v) is 6.18. The zero-order chi connectivity index (χ0) is 15.0.